The highest BCUT2D eigenvalue weighted by atomic mass is 32.2. The first kappa shape index (κ1) is 13.4. The number of carboxylic acids is 1. The molecule has 0 aromatic heterocycles. The van der Waals surface area contributed by atoms with Crippen molar-refractivity contribution < 1.29 is 18.3 Å². The Balaban J connectivity index is 3.67. The number of unbranched alkanes of at least 4 members (excludes halogenated alkanes) is 1. The van der Waals surface area contributed by atoms with Gasteiger partial charge < -0.3 is 5.11 Å². The van der Waals surface area contributed by atoms with E-state index < -0.39 is 16.0 Å². The number of rotatable bonds is 8. The molecule has 0 amide bonds. The lowest BCUT2D eigenvalue weighted by Crippen LogP contribution is -2.27. The minimum absolute atomic E-state index is 0.102. The fraction of sp³-hybridized carbons (Fsp3) is 0.875. The Morgan fingerprint density at radius 2 is 2.00 bits per heavy atom. The normalized spacial score (nSPS) is 11.5. The van der Waals surface area contributed by atoms with Gasteiger partial charge in [-0.25, -0.2) is 13.1 Å². The van der Waals surface area contributed by atoms with Crippen molar-refractivity contribution in [3.05, 3.63) is 0 Å². The number of hydrogen-bond donors (Lipinski definition) is 2. The van der Waals surface area contributed by atoms with Crippen LogP contribution >= 0.6 is 0 Å². The molecule has 2 N–H and O–H groups in total. The van der Waals surface area contributed by atoms with Crippen molar-refractivity contribution in [3.63, 3.8) is 0 Å². The van der Waals surface area contributed by atoms with E-state index >= 15 is 0 Å². The van der Waals surface area contributed by atoms with E-state index in [-0.39, 0.29) is 18.6 Å². The second-order valence-corrected chi connectivity index (χ2v) is 4.99. The third-order valence-corrected chi connectivity index (χ3v) is 3.13. The molecule has 0 heterocycles. The Morgan fingerprint density at radius 1 is 1.36 bits per heavy atom. The van der Waals surface area contributed by atoms with Gasteiger partial charge in [-0.1, -0.05) is 13.3 Å². The molecule has 0 radical (unpaired) electrons. The Labute approximate surface area is 84.6 Å². The van der Waals surface area contributed by atoms with Crippen molar-refractivity contribution in [2.75, 3.05) is 12.3 Å². The standard InChI is InChI=1S/C8H17NO4S/c1-2-3-6-9-14(12,13)7-4-5-8(10)11/h9H,2-7H2,1H3,(H,10,11). The van der Waals surface area contributed by atoms with Crippen LogP contribution in [0.3, 0.4) is 0 Å². The molecule has 0 saturated heterocycles. The summed E-state index contributed by atoms with van der Waals surface area (Å²) in [6, 6.07) is 0. The number of carboxylic acid groups (broad SMARTS) is 1. The maximum Gasteiger partial charge on any atom is 0.303 e. The molecule has 5 nitrogen and oxygen atoms in total. The Bertz CT molecular complexity index is 261. The molecular formula is C8H17NO4S. The highest BCUT2D eigenvalue weighted by Gasteiger charge is 2.09. The SMILES string of the molecule is CCCCNS(=O)(=O)CCCC(=O)O. The largest absolute Gasteiger partial charge is 0.481 e. The second kappa shape index (κ2) is 6.78. The zero-order valence-electron chi connectivity index (χ0n) is 8.32. The van der Waals surface area contributed by atoms with Crippen molar-refractivity contribution in [2.45, 2.75) is 32.6 Å². The van der Waals surface area contributed by atoms with Crippen molar-refractivity contribution >= 4 is 16.0 Å². The van der Waals surface area contributed by atoms with Crippen LogP contribution in [-0.2, 0) is 14.8 Å². The van der Waals surface area contributed by atoms with Crippen LogP contribution in [0.5, 0.6) is 0 Å². The van der Waals surface area contributed by atoms with Crippen LogP contribution in [0.25, 0.3) is 0 Å². The van der Waals surface area contributed by atoms with E-state index in [1.165, 1.54) is 0 Å². The molecule has 0 saturated carbocycles. The van der Waals surface area contributed by atoms with E-state index in [0.29, 0.717) is 6.54 Å². The summed E-state index contributed by atoms with van der Waals surface area (Å²) in [4.78, 5) is 10.1. The molecule has 0 atom stereocenters. The van der Waals surface area contributed by atoms with Gasteiger partial charge in [-0.2, -0.15) is 0 Å². The summed E-state index contributed by atoms with van der Waals surface area (Å²) in [5.41, 5.74) is 0. The van der Waals surface area contributed by atoms with Gasteiger partial charge in [-0.05, 0) is 12.8 Å². The van der Waals surface area contributed by atoms with E-state index in [0.717, 1.165) is 12.8 Å². The predicted molar refractivity (Wildman–Crippen MR) is 53.6 cm³/mol. The van der Waals surface area contributed by atoms with Crippen LogP contribution < -0.4 is 4.72 Å². The van der Waals surface area contributed by atoms with Crippen LogP contribution in [0.15, 0.2) is 0 Å². The number of nitrogens with one attached hydrogen (secondary N) is 1. The highest BCUT2D eigenvalue weighted by Crippen LogP contribution is 1.95. The maximum atomic E-state index is 11.2. The van der Waals surface area contributed by atoms with E-state index in [2.05, 4.69) is 4.72 Å². The van der Waals surface area contributed by atoms with Crippen molar-refractivity contribution in [2.24, 2.45) is 0 Å². The quantitative estimate of drug-likeness (QED) is 0.589. The van der Waals surface area contributed by atoms with E-state index in [9.17, 15) is 13.2 Å². The number of sulfonamides is 1. The molecule has 6 heteroatoms. The highest BCUT2D eigenvalue weighted by molar-refractivity contribution is 7.89. The van der Waals surface area contributed by atoms with Gasteiger partial charge in [0.25, 0.3) is 0 Å². The first-order valence-corrected chi connectivity index (χ1v) is 6.32. The summed E-state index contributed by atoms with van der Waals surface area (Å²) >= 11 is 0. The topological polar surface area (TPSA) is 83.5 Å². The van der Waals surface area contributed by atoms with Crippen molar-refractivity contribution in [3.8, 4) is 0 Å². The third kappa shape index (κ3) is 8.00. The van der Waals surface area contributed by atoms with Gasteiger partial charge in [-0.3, -0.25) is 4.79 Å². The molecule has 0 aromatic rings. The molecule has 0 rings (SSSR count). The van der Waals surface area contributed by atoms with Gasteiger partial charge in [-0.15, -0.1) is 0 Å². The third-order valence-electron chi connectivity index (χ3n) is 1.66. The molecule has 84 valence electrons. The van der Waals surface area contributed by atoms with E-state index in [4.69, 9.17) is 5.11 Å². The van der Waals surface area contributed by atoms with Crippen molar-refractivity contribution in [1.29, 1.82) is 0 Å². The van der Waals surface area contributed by atoms with E-state index in [1.807, 2.05) is 6.92 Å². The van der Waals surface area contributed by atoms with Crippen LogP contribution in [0, 0.1) is 0 Å². The number of hydrogen-bond acceptors (Lipinski definition) is 3. The van der Waals surface area contributed by atoms with Crippen LogP contribution in [0.4, 0.5) is 0 Å². The predicted octanol–water partition coefficient (Wildman–Crippen LogP) is 0.571. The monoisotopic (exact) mass is 223 g/mol. The van der Waals surface area contributed by atoms with Crippen LogP contribution in [0.1, 0.15) is 32.6 Å². The molecule has 0 unspecified atom stereocenters. The van der Waals surface area contributed by atoms with Crippen LogP contribution in [0.2, 0.25) is 0 Å². The summed E-state index contributed by atoms with van der Waals surface area (Å²) < 4.78 is 24.8. The average Bonchev–Trinajstić information content (AvgIpc) is 2.03. The first-order chi connectivity index (χ1) is 6.48. The minimum Gasteiger partial charge on any atom is -0.481 e. The van der Waals surface area contributed by atoms with Gasteiger partial charge in [0.1, 0.15) is 0 Å². The smallest absolute Gasteiger partial charge is 0.303 e. The zero-order chi connectivity index (χ0) is 11.0. The summed E-state index contributed by atoms with van der Waals surface area (Å²) in [6.45, 7) is 2.41. The number of carbonyl (C=O) groups is 1. The Hall–Kier alpha value is -0.620. The molecule has 0 aliphatic carbocycles. The molecule has 14 heavy (non-hydrogen) atoms. The maximum absolute atomic E-state index is 11.2. The first-order valence-electron chi connectivity index (χ1n) is 4.67. The second-order valence-electron chi connectivity index (χ2n) is 3.06. The fourth-order valence-corrected chi connectivity index (χ4v) is 2.01. The summed E-state index contributed by atoms with van der Waals surface area (Å²) in [7, 11) is -3.26. The molecule has 0 aromatic carbocycles. The van der Waals surface area contributed by atoms with Gasteiger partial charge in [0, 0.05) is 13.0 Å². The van der Waals surface area contributed by atoms with Gasteiger partial charge in [0.2, 0.25) is 10.0 Å². The molecule has 0 aliphatic heterocycles. The average molecular weight is 223 g/mol. The summed E-state index contributed by atoms with van der Waals surface area (Å²) in [5.74, 6) is -1.07. The lowest BCUT2D eigenvalue weighted by Gasteiger charge is -2.04. The molecule has 0 aliphatic rings. The van der Waals surface area contributed by atoms with Gasteiger partial charge >= 0.3 is 5.97 Å². The van der Waals surface area contributed by atoms with Gasteiger partial charge in [0.05, 0.1) is 5.75 Å². The lowest BCUT2D eigenvalue weighted by atomic mass is 10.3. The summed E-state index contributed by atoms with van der Waals surface area (Å²) in [5, 5.41) is 8.31. The molecule has 0 fully saturated rings. The zero-order valence-corrected chi connectivity index (χ0v) is 9.14. The summed E-state index contributed by atoms with van der Waals surface area (Å²) in [6.07, 6.45) is 1.79. The lowest BCUT2D eigenvalue weighted by molar-refractivity contribution is -0.137. The Kier molecular flexibility index (Phi) is 6.48. The molecular weight excluding hydrogens is 206 g/mol. The van der Waals surface area contributed by atoms with Crippen LogP contribution in [-0.4, -0.2) is 31.8 Å². The minimum atomic E-state index is -3.26. The van der Waals surface area contributed by atoms with Crippen molar-refractivity contribution in [1.82, 2.24) is 4.72 Å². The molecule has 0 bridgehead atoms. The van der Waals surface area contributed by atoms with E-state index in [1.54, 1.807) is 0 Å². The Morgan fingerprint density at radius 3 is 2.50 bits per heavy atom. The molecule has 0 spiro atoms. The van der Waals surface area contributed by atoms with Gasteiger partial charge in [0.15, 0.2) is 0 Å². The number of aliphatic carboxylic acids is 1. The fourth-order valence-electron chi connectivity index (χ4n) is 0.890.